The van der Waals surface area contributed by atoms with Gasteiger partial charge in [-0.2, -0.15) is 0 Å². The summed E-state index contributed by atoms with van der Waals surface area (Å²) in [6.45, 7) is 8.48. The largest absolute Gasteiger partial charge is 0.126 e. The molecule has 1 aromatic carbocycles. The molecule has 0 spiro atoms. The predicted octanol–water partition coefficient (Wildman–Crippen LogP) is 6.63. The van der Waals surface area contributed by atoms with E-state index in [1.54, 1.807) is 0 Å². The molecular weight excluding hydrogens is 280 g/mol. The van der Waals surface area contributed by atoms with Crippen molar-refractivity contribution in [3.63, 3.8) is 0 Å². The summed E-state index contributed by atoms with van der Waals surface area (Å²) in [5.74, 6) is 2.49. The summed E-state index contributed by atoms with van der Waals surface area (Å²) < 4.78 is 0. The number of rotatable bonds is 11. The summed E-state index contributed by atoms with van der Waals surface area (Å²) in [6.07, 6.45) is 8.59. The first kappa shape index (κ1) is 18.0. The Labute approximate surface area is 134 Å². The van der Waals surface area contributed by atoms with E-state index >= 15 is 0 Å². The quantitative estimate of drug-likeness (QED) is 0.332. The molecule has 1 aromatic rings. The Kier molecular flexibility index (Phi) is 10.4. The molecule has 2 heteroatoms. The van der Waals surface area contributed by atoms with Gasteiger partial charge in [0, 0.05) is 9.79 Å². The van der Waals surface area contributed by atoms with Crippen LogP contribution in [0.25, 0.3) is 0 Å². The van der Waals surface area contributed by atoms with Gasteiger partial charge in [0.25, 0.3) is 0 Å². The third-order valence-electron chi connectivity index (χ3n) is 3.19. The van der Waals surface area contributed by atoms with E-state index in [2.05, 4.69) is 39.0 Å². The summed E-state index contributed by atoms with van der Waals surface area (Å²) >= 11 is 4.03. The minimum atomic E-state index is 1.03. The van der Waals surface area contributed by atoms with Crippen LogP contribution in [0.1, 0.15) is 57.9 Å². The average molecular weight is 310 g/mol. The van der Waals surface area contributed by atoms with E-state index < -0.39 is 0 Å². The zero-order valence-corrected chi connectivity index (χ0v) is 14.8. The van der Waals surface area contributed by atoms with Crippen molar-refractivity contribution in [2.24, 2.45) is 0 Å². The molecule has 0 nitrogen and oxygen atoms in total. The van der Waals surface area contributed by atoms with E-state index in [0.717, 1.165) is 6.42 Å². The Bertz CT molecular complexity index is 332. The lowest BCUT2D eigenvalue weighted by molar-refractivity contribution is 0.835. The average Bonchev–Trinajstić information content (AvgIpc) is 2.46. The van der Waals surface area contributed by atoms with Crippen molar-refractivity contribution >= 4 is 23.5 Å². The molecule has 0 saturated carbocycles. The van der Waals surface area contributed by atoms with Crippen molar-refractivity contribution in [1.29, 1.82) is 0 Å². The van der Waals surface area contributed by atoms with E-state index in [-0.39, 0.29) is 0 Å². The molecule has 0 aliphatic carbocycles. The van der Waals surface area contributed by atoms with Crippen molar-refractivity contribution < 1.29 is 0 Å². The van der Waals surface area contributed by atoms with Gasteiger partial charge in [-0.3, -0.25) is 0 Å². The highest BCUT2D eigenvalue weighted by atomic mass is 32.2. The minimum absolute atomic E-state index is 1.03. The van der Waals surface area contributed by atoms with Gasteiger partial charge in [0.05, 0.1) is 0 Å². The molecule has 113 valence electrons. The second kappa shape index (κ2) is 11.6. The Balaban J connectivity index is 2.67. The van der Waals surface area contributed by atoms with Crippen LogP contribution in [0.3, 0.4) is 0 Å². The molecule has 0 unspecified atom stereocenters. The minimum Gasteiger partial charge on any atom is -0.126 e. The molecule has 1 rings (SSSR count). The molecule has 0 aromatic heterocycles. The van der Waals surface area contributed by atoms with Crippen LogP contribution in [0.4, 0.5) is 0 Å². The highest BCUT2D eigenvalue weighted by Crippen LogP contribution is 2.29. The maximum absolute atomic E-state index is 3.96. The standard InChI is InChI=1S/C18H29S2/c1-4-7-10-16-13-17(19-11-8-5-2)15-18(14-16)20-12-9-6-3/h13-15H,1,4-12H2,2-3H3. The van der Waals surface area contributed by atoms with E-state index in [9.17, 15) is 0 Å². The second-order valence-corrected chi connectivity index (χ2v) is 7.51. The van der Waals surface area contributed by atoms with Crippen LogP contribution >= 0.6 is 23.5 Å². The van der Waals surface area contributed by atoms with Crippen LogP contribution in [0.2, 0.25) is 0 Å². The zero-order valence-electron chi connectivity index (χ0n) is 13.1. The van der Waals surface area contributed by atoms with Gasteiger partial charge in [-0.25, -0.2) is 0 Å². The summed E-state index contributed by atoms with van der Waals surface area (Å²) in [5.41, 5.74) is 1.49. The summed E-state index contributed by atoms with van der Waals surface area (Å²) in [6, 6.07) is 7.16. The van der Waals surface area contributed by atoms with Gasteiger partial charge in [0.2, 0.25) is 0 Å². The fourth-order valence-corrected chi connectivity index (χ4v) is 4.24. The van der Waals surface area contributed by atoms with E-state index in [4.69, 9.17) is 0 Å². The first-order valence-corrected chi connectivity index (χ1v) is 9.96. The van der Waals surface area contributed by atoms with Gasteiger partial charge in [0.1, 0.15) is 0 Å². The Morgan fingerprint density at radius 3 is 1.85 bits per heavy atom. The Hall–Kier alpha value is -0.0800. The highest BCUT2D eigenvalue weighted by molar-refractivity contribution is 8.00. The predicted molar refractivity (Wildman–Crippen MR) is 96.0 cm³/mol. The summed E-state index contributed by atoms with van der Waals surface area (Å²) in [4.78, 5) is 2.91. The Morgan fingerprint density at radius 2 is 1.40 bits per heavy atom. The molecule has 0 aliphatic rings. The van der Waals surface area contributed by atoms with E-state index in [1.165, 1.54) is 65.4 Å². The van der Waals surface area contributed by atoms with Crippen molar-refractivity contribution in [3.8, 4) is 0 Å². The van der Waals surface area contributed by atoms with Crippen molar-refractivity contribution in [2.45, 2.75) is 68.6 Å². The summed E-state index contributed by atoms with van der Waals surface area (Å²) in [7, 11) is 0. The normalized spacial score (nSPS) is 10.9. The summed E-state index contributed by atoms with van der Waals surface area (Å²) in [5, 5.41) is 0. The first-order valence-electron chi connectivity index (χ1n) is 7.99. The molecule has 1 radical (unpaired) electrons. The molecule has 20 heavy (non-hydrogen) atoms. The fraction of sp³-hybridized carbons (Fsp3) is 0.611. The van der Waals surface area contributed by atoms with Crippen LogP contribution < -0.4 is 0 Å². The number of hydrogen-bond acceptors (Lipinski definition) is 2. The maximum atomic E-state index is 3.96. The lowest BCUT2D eigenvalue weighted by Crippen LogP contribution is -1.89. The number of hydrogen-bond donors (Lipinski definition) is 0. The van der Waals surface area contributed by atoms with Crippen LogP contribution in [0.15, 0.2) is 28.0 Å². The monoisotopic (exact) mass is 309 g/mol. The molecule has 0 bridgehead atoms. The second-order valence-electron chi connectivity index (χ2n) is 5.17. The number of aryl methyl sites for hydroxylation is 1. The van der Waals surface area contributed by atoms with Crippen molar-refractivity contribution in [1.82, 2.24) is 0 Å². The van der Waals surface area contributed by atoms with Crippen LogP contribution in [-0.2, 0) is 6.42 Å². The number of thioether (sulfide) groups is 2. The molecule has 0 saturated heterocycles. The van der Waals surface area contributed by atoms with Crippen LogP contribution in [0.5, 0.6) is 0 Å². The molecule has 0 N–H and O–H groups in total. The third-order valence-corrected chi connectivity index (χ3v) is 5.31. The van der Waals surface area contributed by atoms with E-state index in [1.807, 2.05) is 23.5 Å². The molecule has 0 heterocycles. The molecule has 0 atom stereocenters. The molecule has 0 fully saturated rings. The van der Waals surface area contributed by atoms with Gasteiger partial charge >= 0.3 is 0 Å². The molecule has 0 amide bonds. The van der Waals surface area contributed by atoms with Gasteiger partial charge in [-0.05, 0) is 61.0 Å². The van der Waals surface area contributed by atoms with Crippen LogP contribution in [-0.4, -0.2) is 11.5 Å². The van der Waals surface area contributed by atoms with Crippen molar-refractivity contribution in [2.75, 3.05) is 11.5 Å². The SMILES string of the molecule is [CH2]CCCc1cc(SCCCC)cc(SCCCC)c1. The van der Waals surface area contributed by atoms with Gasteiger partial charge < -0.3 is 0 Å². The van der Waals surface area contributed by atoms with E-state index in [0.29, 0.717) is 0 Å². The lowest BCUT2D eigenvalue weighted by atomic mass is 10.1. The third kappa shape index (κ3) is 7.64. The highest BCUT2D eigenvalue weighted by Gasteiger charge is 2.03. The van der Waals surface area contributed by atoms with Crippen LogP contribution in [0, 0.1) is 6.92 Å². The van der Waals surface area contributed by atoms with Gasteiger partial charge in [-0.1, -0.05) is 40.0 Å². The maximum Gasteiger partial charge on any atom is 0.00858 e. The van der Waals surface area contributed by atoms with Crippen molar-refractivity contribution in [3.05, 3.63) is 30.7 Å². The topological polar surface area (TPSA) is 0 Å². The number of unbranched alkanes of at least 4 members (excludes halogenated alkanes) is 3. The number of benzene rings is 1. The lowest BCUT2D eigenvalue weighted by Gasteiger charge is -2.09. The fourth-order valence-electron chi connectivity index (χ4n) is 1.94. The zero-order chi connectivity index (χ0) is 14.6. The van der Waals surface area contributed by atoms with Gasteiger partial charge in [-0.15, -0.1) is 23.5 Å². The molecule has 0 aliphatic heterocycles. The van der Waals surface area contributed by atoms with Gasteiger partial charge in [0.15, 0.2) is 0 Å². The Morgan fingerprint density at radius 1 is 0.850 bits per heavy atom. The first-order chi connectivity index (χ1) is 9.80. The smallest absolute Gasteiger partial charge is 0.00858 e. The molecular formula is C18H29S2.